The van der Waals surface area contributed by atoms with Crippen LogP contribution in [0.15, 0.2) is 65.6 Å². The first-order valence-electron chi connectivity index (χ1n) is 11.2. The zero-order valence-corrected chi connectivity index (χ0v) is 18.9. The number of nitrogens with zero attached hydrogens (tertiary/aromatic N) is 4. The van der Waals surface area contributed by atoms with Crippen molar-refractivity contribution in [2.75, 3.05) is 18.0 Å². The summed E-state index contributed by atoms with van der Waals surface area (Å²) in [7, 11) is 1.68. The van der Waals surface area contributed by atoms with Crippen LogP contribution in [0.4, 0.5) is 5.69 Å². The number of anilines is 1. The Bertz CT molecular complexity index is 1410. The maximum atomic E-state index is 13.0. The van der Waals surface area contributed by atoms with Gasteiger partial charge in [0, 0.05) is 37.6 Å². The molecule has 1 aliphatic heterocycles. The minimum atomic E-state index is -0.685. The molecule has 0 spiro atoms. The Morgan fingerprint density at radius 3 is 2.55 bits per heavy atom. The normalized spacial score (nSPS) is 14.7. The van der Waals surface area contributed by atoms with E-state index in [0.717, 1.165) is 48.2 Å². The number of piperidine rings is 1. The number of aryl methyl sites for hydroxylation is 2. The maximum Gasteiger partial charge on any atom is 0.265 e. The second kappa shape index (κ2) is 8.24. The minimum absolute atomic E-state index is 0.0679. The summed E-state index contributed by atoms with van der Waals surface area (Å²) in [6.45, 7) is 3.52. The van der Waals surface area contributed by atoms with Gasteiger partial charge < -0.3 is 15.2 Å². The van der Waals surface area contributed by atoms with Gasteiger partial charge in [-0.3, -0.25) is 9.59 Å². The predicted molar refractivity (Wildman–Crippen MR) is 130 cm³/mol. The van der Waals surface area contributed by atoms with E-state index in [2.05, 4.69) is 36.1 Å². The fourth-order valence-corrected chi connectivity index (χ4v) is 4.90. The van der Waals surface area contributed by atoms with E-state index in [1.807, 2.05) is 41.2 Å². The standard InChI is InChI=1S/C26H27N5O2/c1-17-6-5-7-19(16-17)31-15-12-21(28-31)18-10-13-30(14-11-18)24-20-8-3-4-9-22(20)29(2)26(33)23(24)25(27)32/h3-9,12,15-16,18H,10-11,13-14H2,1-2H3,(H2,27,32). The molecule has 4 aromatic rings. The van der Waals surface area contributed by atoms with Gasteiger partial charge in [-0.15, -0.1) is 0 Å². The van der Waals surface area contributed by atoms with E-state index in [9.17, 15) is 9.59 Å². The zero-order valence-electron chi connectivity index (χ0n) is 18.9. The molecule has 0 radical (unpaired) electrons. The molecule has 168 valence electrons. The van der Waals surface area contributed by atoms with E-state index in [1.165, 1.54) is 10.1 Å². The highest BCUT2D eigenvalue weighted by Gasteiger charge is 2.28. The van der Waals surface area contributed by atoms with Gasteiger partial charge in [-0.1, -0.05) is 30.3 Å². The molecule has 0 aliphatic carbocycles. The summed E-state index contributed by atoms with van der Waals surface area (Å²) in [5.74, 6) is -0.363. The summed E-state index contributed by atoms with van der Waals surface area (Å²) in [6.07, 6.45) is 3.77. The number of amides is 1. The second-order valence-corrected chi connectivity index (χ2v) is 8.75. The lowest BCUT2D eigenvalue weighted by Gasteiger charge is -2.34. The number of hydrogen-bond donors (Lipinski definition) is 1. The zero-order chi connectivity index (χ0) is 23.1. The molecular weight excluding hydrogens is 414 g/mol. The Balaban J connectivity index is 1.44. The SMILES string of the molecule is Cc1cccc(-n2ccc(C3CCN(c4c(C(N)=O)c(=O)n(C)c5ccccc45)CC3)n2)c1. The maximum absolute atomic E-state index is 13.0. The largest absolute Gasteiger partial charge is 0.370 e. The molecule has 1 amide bonds. The van der Waals surface area contributed by atoms with Gasteiger partial charge in [-0.25, -0.2) is 4.68 Å². The topological polar surface area (TPSA) is 86.1 Å². The summed E-state index contributed by atoms with van der Waals surface area (Å²) >= 11 is 0. The van der Waals surface area contributed by atoms with Gasteiger partial charge in [-0.05, 0) is 49.6 Å². The first-order valence-corrected chi connectivity index (χ1v) is 11.2. The van der Waals surface area contributed by atoms with Gasteiger partial charge in [0.1, 0.15) is 5.56 Å². The van der Waals surface area contributed by atoms with Gasteiger partial charge >= 0.3 is 0 Å². The Morgan fingerprint density at radius 1 is 1.06 bits per heavy atom. The molecule has 0 saturated carbocycles. The molecule has 2 aromatic heterocycles. The Labute approximate surface area is 192 Å². The van der Waals surface area contributed by atoms with Crippen LogP contribution in [-0.2, 0) is 7.05 Å². The lowest BCUT2D eigenvalue weighted by atomic mass is 9.92. The van der Waals surface area contributed by atoms with Crippen LogP contribution in [-0.4, -0.2) is 33.3 Å². The molecule has 1 fully saturated rings. The van der Waals surface area contributed by atoms with E-state index < -0.39 is 5.91 Å². The number of benzene rings is 2. The Morgan fingerprint density at radius 2 is 1.82 bits per heavy atom. The molecule has 0 atom stereocenters. The average Bonchev–Trinajstić information content (AvgIpc) is 3.32. The number of hydrogen-bond acceptors (Lipinski definition) is 4. The quantitative estimate of drug-likeness (QED) is 0.525. The highest BCUT2D eigenvalue weighted by molar-refractivity contribution is 6.06. The van der Waals surface area contributed by atoms with Crippen molar-refractivity contribution in [3.63, 3.8) is 0 Å². The van der Waals surface area contributed by atoms with Crippen molar-refractivity contribution in [3.05, 3.63) is 88.0 Å². The minimum Gasteiger partial charge on any atom is -0.370 e. The number of primary amides is 1. The third kappa shape index (κ3) is 3.69. The third-order valence-corrected chi connectivity index (χ3v) is 6.63. The smallest absolute Gasteiger partial charge is 0.265 e. The highest BCUT2D eigenvalue weighted by atomic mass is 16.2. The lowest BCUT2D eigenvalue weighted by molar-refractivity contribution is 0.0999. The highest BCUT2D eigenvalue weighted by Crippen LogP contribution is 2.34. The van der Waals surface area contributed by atoms with Crippen molar-refractivity contribution < 1.29 is 4.79 Å². The van der Waals surface area contributed by atoms with Gasteiger partial charge in [0.15, 0.2) is 0 Å². The van der Waals surface area contributed by atoms with Crippen molar-refractivity contribution in [1.29, 1.82) is 0 Å². The van der Waals surface area contributed by atoms with Crippen LogP contribution in [0.2, 0.25) is 0 Å². The summed E-state index contributed by atoms with van der Waals surface area (Å²) in [5, 5.41) is 5.71. The molecular formula is C26H27N5O2. The van der Waals surface area contributed by atoms with Crippen LogP contribution in [0.5, 0.6) is 0 Å². The van der Waals surface area contributed by atoms with Crippen LogP contribution in [0.25, 0.3) is 16.6 Å². The van der Waals surface area contributed by atoms with Crippen molar-refractivity contribution in [2.45, 2.75) is 25.7 Å². The van der Waals surface area contributed by atoms with E-state index in [0.29, 0.717) is 11.6 Å². The van der Waals surface area contributed by atoms with Crippen molar-refractivity contribution in [1.82, 2.24) is 14.3 Å². The molecule has 0 bridgehead atoms. The van der Waals surface area contributed by atoms with E-state index >= 15 is 0 Å². The molecule has 1 aliphatic rings. The lowest BCUT2D eigenvalue weighted by Crippen LogP contribution is -2.38. The van der Waals surface area contributed by atoms with Crippen molar-refractivity contribution in [3.8, 4) is 5.69 Å². The number of aromatic nitrogens is 3. The molecule has 7 heteroatoms. The number of carbonyl (C=O) groups is 1. The van der Waals surface area contributed by atoms with Crippen LogP contribution in [0.3, 0.4) is 0 Å². The monoisotopic (exact) mass is 441 g/mol. The number of rotatable bonds is 4. The van der Waals surface area contributed by atoms with Gasteiger partial charge in [0.05, 0.1) is 22.6 Å². The molecule has 3 heterocycles. The van der Waals surface area contributed by atoms with E-state index in [4.69, 9.17) is 10.8 Å². The molecule has 2 aromatic carbocycles. The second-order valence-electron chi connectivity index (χ2n) is 8.75. The van der Waals surface area contributed by atoms with Crippen LogP contribution in [0, 0.1) is 6.92 Å². The van der Waals surface area contributed by atoms with Crippen molar-refractivity contribution in [2.24, 2.45) is 12.8 Å². The molecule has 0 unspecified atom stereocenters. The summed E-state index contributed by atoms with van der Waals surface area (Å²) in [5.41, 5.74) is 10.2. The Hall–Kier alpha value is -3.87. The molecule has 7 nitrogen and oxygen atoms in total. The van der Waals surface area contributed by atoms with Gasteiger partial charge in [0.2, 0.25) is 0 Å². The number of fused-ring (bicyclic) bond motifs is 1. The fourth-order valence-electron chi connectivity index (χ4n) is 4.90. The van der Waals surface area contributed by atoms with Gasteiger partial charge in [-0.2, -0.15) is 5.10 Å². The summed E-state index contributed by atoms with van der Waals surface area (Å²) < 4.78 is 3.43. The number of carbonyl (C=O) groups excluding carboxylic acids is 1. The van der Waals surface area contributed by atoms with Crippen LogP contribution < -0.4 is 16.2 Å². The molecule has 5 rings (SSSR count). The number of para-hydroxylation sites is 1. The third-order valence-electron chi connectivity index (χ3n) is 6.63. The van der Waals surface area contributed by atoms with Gasteiger partial charge in [0.25, 0.3) is 11.5 Å². The van der Waals surface area contributed by atoms with E-state index in [1.54, 1.807) is 7.05 Å². The molecule has 33 heavy (non-hydrogen) atoms. The molecule has 1 saturated heterocycles. The summed E-state index contributed by atoms with van der Waals surface area (Å²) in [6, 6.07) is 18.0. The van der Waals surface area contributed by atoms with Crippen molar-refractivity contribution >= 4 is 22.5 Å². The fraction of sp³-hybridized carbons (Fsp3) is 0.269. The average molecular weight is 442 g/mol. The number of pyridine rings is 1. The van der Waals surface area contributed by atoms with Crippen LogP contribution >= 0.6 is 0 Å². The van der Waals surface area contributed by atoms with E-state index in [-0.39, 0.29) is 11.1 Å². The first-order chi connectivity index (χ1) is 15.9. The summed E-state index contributed by atoms with van der Waals surface area (Å²) in [4.78, 5) is 27.4. The Kier molecular flexibility index (Phi) is 5.24. The predicted octanol–water partition coefficient (Wildman–Crippen LogP) is 3.52. The number of nitrogens with two attached hydrogens (primary N) is 1. The first kappa shape index (κ1) is 21.0. The van der Waals surface area contributed by atoms with Crippen LogP contribution in [0.1, 0.15) is 40.4 Å². The molecule has 2 N–H and O–H groups in total.